The van der Waals surface area contributed by atoms with Crippen LogP contribution in [0.4, 0.5) is 0 Å². The molecule has 1 aliphatic rings. The van der Waals surface area contributed by atoms with Gasteiger partial charge in [0.15, 0.2) is 6.29 Å². The van der Waals surface area contributed by atoms with Gasteiger partial charge in [0.25, 0.3) is 0 Å². The first kappa shape index (κ1) is 53.9. The van der Waals surface area contributed by atoms with Gasteiger partial charge in [-0.05, 0) is 38.5 Å². The van der Waals surface area contributed by atoms with Gasteiger partial charge in [-0.25, -0.2) is 0 Å². The van der Waals surface area contributed by atoms with Crippen molar-refractivity contribution in [1.82, 2.24) is 5.32 Å². The summed E-state index contributed by atoms with van der Waals surface area (Å²) in [5.74, 6) is -0.708. The molecule has 1 fully saturated rings. The van der Waals surface area contributed by atoms with Crippen LogP contribution in [0, 0.1) is 0 Å². The molecule has 1 aliphatic heterocycles. The normalized spacial score (nSPS) is 22.2. The number of aliphatic hydroxyl groups is 7. The lowest BCUT2D eigenvalue weighted by atomic mass is 9.98. The van der Waals surface area contributed by atoms with Crippen molar-refractivity contribution in [2.24, 2.45) is 0 Å². The molecule has 0 spiro atoms. The van der Waals surface area contributed by atoms with Crippen LogP contribution in [0.25, 0.3) is 0 Å². The number of allylic oxidation sites excluding steroid dienone is 2. The fourth-order valence-corrected chi connectivity index (χ4v) is 7.62. The summed E-state index contributed by atoms with van der Waals surface area (Å²) in [5.41, 5.74) is 0. The van der Waals surface area contributed by atoms with Crippen LogP contribution in [-0.4, -0.2) is 110 Å². The van der Waals surface area contributed by atoms with Crippen LogP contribution >= 0.6 is 0 Å². The van der Waals surface area contributed by atoms with Gasteiger partial charge in [0.05, 0.1) is 25.4 Å². The third-order valence-corrected chi connectivity index (χ3v) is 11.6. The monoisotopic (exact) mass is 816 g/mol. The van der Waals surface area contributed by atoms with Crippen molar-refractivity contribution in [3.63, 3.8) is 0 Å². The maximum atomic E-state index is 13.0. The Hall–Kier alpha value is -1.15. The zero-order chi connectivity index (χ0) is 41.9. The van der Waals surface area contributed by atoms with Crippen molar-refractivity contribution in [1.29, 1.82) is 0 Å². The first-order valence-electron chi connectivity index (χ1n) is 23.6. The molecule has 338 valence electrons. The minimum absolute atomic E-state index is 0.256. The van der Waals surface area contributed by atoms with Gasteiger partial charge in [-0.3, -0.25) is 4.79 Å². The van der Waals surface area contributed by atoms with Gasteiger partial charge in [-0.15, -0.1) is 0 Å². The van der Waals surface area contributed by atoms with Crippen molar-refractivity contribution in [2.45, 2.75) is 262 Å². The molecule has 1 rings (SSSR count). The zero-order valence-electron chi connectivity index (χ0n) is 36.3. The van der Waals surface area contributed by atoms with Gasteiger partial charge < -0.3 is 50.5 Å². The number of nitrogens with one attached hydrogen (secondary N) is 1. The minimum atomic E-state index is -1.66. The molecular formula is C46H89NO10. The molecule has 0 aliphatic carbocycles. The summed E-state index contributed by atoms with van der Waals surface area (Å²) in [4.78, 5) is 13.0. The molecule has 9 atom stereocenters. The highest BCUT2D eigenvalue weighted by molar-refractivity contribution is 5.80. The summed E-state index contributed by atoms with van der Waals surface area (Å²) in [6.45, 7) is 3.40. The second kappa shape index (κ2) is 36.7. The van der Waals surface area contributed by atoms with Gasteiger partial charge in [-0.2, -0.15) is 0 Å². The van der Waals surface area contributed by atoms with E-state index in [1.807, 2.05) is 0 Å². The molecular weight excluding hydrogens is 727 g/mol. The predicted molar refractivity (Wildman–Crippen MR) is 229 cm³/mol. The van der Waals surface area contributed by atoms with Crippen LogP contribution in [0.5, 0.6) is 0 Å². The molecule has 0 bridgehead atoms. The van der Waals surface area contributed by atoms with E-state index in [1.54, 1.807) is 0 Å². The number of unbranched alkanes of at least 4 members (excludes halogenated alkanes) is 25. The number of hydrogen-bond acceptors (Lipinski definition) is 10. The number of ether oxygens (including phenoxy) is 2. The molecule has 11 nitrogen and oxygen atoms in total. The second-order valence-corrected chi connectivity index (χ2v) is 16.8. The first-order valence-corrected chi connectivity index (χ1v) is 23.6. The number of hydrogen-bond donors (Lipinski definition) is 8. The van der Waals surface area contributed by atoms with Crippen LogP contribution < -0.4 is 5.32 Å². The fraction of sp³-hybridized carbons (Fsp3) is 0.935. The third kappa shape index (κ3) is 26.6. The number of rotatable bonds is 39. The Morgan fingerprint density at radius 3 is 1.51 bits per heavy atom. The van der Waals surface area contributed by atoms with Gasteiger partial charge in [0, 0.05) is 0 Å². The Labute approximate surface area is 347 Å². The van der Waals surface area contributed by atoms with E-state index < -0.39 is 74.2 Å². The molecule has 0 aromatic carbocycles. The van der Waals surface area contributed by atoms with E-state index in [-0.39, 0.29) is 12.8 Å². The number of amides is 1. The summed E-state index contributed by atoms with van der Waals surface area (Å²) in [7, 11) is 0. The standard InChI is InChI=1S/C46H89NO10/c1-3-5-7-9-11-13-14-15-16-17-18-19-20-21-22-23-24-26-27-29-31-33-38(49)41(51)37(36-56-46-44(54)43(53)42(52)40(35-48)57-46)47-45(55)39(50)34-32-30-28-25-12-10-8-6-4-2/h26-27,37-44,46,48-54H,3-25,28-36H2,1-2H3,(H,47,55)/b27-26+. The van der Waals surface area contributed by atoms with Gasteiger partial charge in [0.2, 0.25) is 5.91 Å². The summed E-state index contributed by atoms with van der Waals surface area (Å²) in [6.07, 6.45) is 27.1. The quantitative estimate of drug-likeness (QED) is 0.0226. The summed E-state index contributed by atoms with van der Waals surface area (Å²) < 4.78 is 11.1. The van der Waals surface area contributed by atoms with E-state index in [0.29, 0.717) is 12.8 Å². The molecule has 9 unspecified atom stereocenters. The Kier molecular flexibility index (Phi) is 34.7. The smallest absolute Gasteiger partial charge is 0.249 e. The molecule has 57 heavy (non-hydrogen) atoms. The van der Waals surface area contributed by atoms with Gasteiger partial charge in [0.1, 0.15) is 36.6 Å². The zero-order valence-corrected chi connectivity index (χ0v) is 36.3. The molecule has 0 saturated carbocycles. The Morgan fingerprint density at radius 1 is 0.596 bits per heavy atom. The van der Waals surface area contributed by atoms with E-state index in [0.717, 1.165) is 38.5 Å². The predicted octanol–water partition coefficient (Wildman–Crippen LogP) is 7.67. The fourth-order valence-electron chi connectivity index (χ4n) is 7.62. The molecule has 8 N–H and O–H groups in total. The number of carbonyl (C=O) groups is 1. The van der Waals surface area contributed by atoms with Crippen LogP contribution in [0.3, 0.4) is 0 Å². The van der Waals surface area contributed by atoms with Gasteiger partial charge >= 0.3 is 0 Å². The molecule has 0 aromatic heterocycles. The summed E-state index contributed by atoms with van der Waals surface area (Å²) >= 11 is 0. The Balaban J connectivity index is 2.40. The first-order chi connectivity index (χ1) is 27.7. The molecule has 11 heteroatoms. The van der Waals surface area contributed by atoms with E-state index >= 15 is 0 Å². The van der Waals surface area contributed by atoms with Crippen LogP contribution in [0.15, 0.2) is 12.2 Å². The highest BCUT2D eigenvalue weighted by Gasteiger charge is 2.44. The second-order valence-electron chi connectivity index (χ2n) is 16.8. The summed E-state index contributed by atoms with van der Waals surface area (Å²) in [6, 6.07) is -1.18. The van der Waals surface area contributed by atoms with Crippen LogP contribution in [0.1, 0.15) is 206 Å². The topological polar surface area (TPSA) is 189 Å². The summed E-state index contributed by atoms with van der Waals surface area (Å²) in [5, 5.41) is 75.5. The lowest BCUT2D eigenvalue weighted by Gasteiger charge is -2.40. The molecule has 1 amide bonds. The molecule has 1 heterocycles. The van der Waals surface area contributed by atoms with Crippen molar-refractivity contribution in [3.8, 4) is 0 Å². The Morgan fingerprint density at radius 2 is 1.04 bits per heavy atom. The number of carbonyl (C=O) groups excluding carboxylic acids is 1. The van der Waals surface area contributed by atoms with Crippen molar-refractivity contribution < 1.29 is 50.0 Å². The SMILES string of the molecule is CCCCCCCCCCCCCCCCCC/C=C/CCCC(O)C(O)C(COC1OC(CO)C(O)C(O)C1O)NC(=O)C(O)CCCCCCCCCCC. The minimum Gasteiger partial charge on any atom is -0.394 e. The van der Waals surface area contributed by atoms with Crippen molar-refractivity contribution >= 4 is 5.91 Å². The highest BCUT2D eigenvalue weighted by Crippen LogP contribution is 2.23. The average molecular weight is 816 g/mol. The molecule has 0 aromatic rings. The largest absolute Gasteiger partial charge is 0.394 e. The van der Waals surface area contributed by atoms with Crippen molar-refractivity contribution in [2.75, 3.05) is 13.2 Å². The maximum absolute atomic E-state index is 13.0. The van der Waals surface area contributed by atoms with Crippen LogP contribution in [-0.2, 0) is 14.3 Å². The lowest BCUT2D eigenvalue weighted by Crippen LogP contribution is -2.60. The number of aliphatic hydroxyl groups excluding tert-OH is 7. The highest BCUT2D eigenvalue weighted by atomic mass is 16.7. The molecule has 0 radical (unpaired) electrons. The van der Waals surface area contributed by atoms with Crippen molar-refractivity contribution in [3.05, 3.63) is 12.2 Å². The van der Waals surface area contributed by atoms with E-state index in [1.165, 1.54) is 128 Å². The van der Waals surface area contributed by atoms with E-state index in [9.17, 15) is 40.5 Å². The molecule has 1 saturated heterocycles. The average Bonchev–Trinajstić information content (AvgIpc) is 3.21. The third-order valence-electron chi connectivity index (χ3n) is 11.6. The van der Waals surface area contributed by atoms with E-state index in [2.05, 4.69) is 31.3 Å². The lowest BCUT2D eigenvalue weighted by molar-refractivity contribution is -0.303. The maximum Gasteiger partial charge on any atom is 0.249 e. The van der Waals surface area contributed by atoms with E-state index in [4.69, 9.17) is 9.47 Å². The van der Waals surface area contributed by atoms with Crippen LogP contribution in [0.2, 0.25) is 0 Å². The Bertz CT molecular complexity index is 939. The van der Waals surface area contributed by atoms with Gasteiger partial charge in [-0.1, -0.05) is 180 Å².